The number of hydrogen-bond acceptors (Lipinski definition) is 10. The molecule has 0 aromatic rings. The first kappa shape index (κ1) is 64.7. The number of likely N-dealkylation sites (tertiary alicyclic amines) is 1. The second-order valence-corrected chi connectivity index (χ2v) is 20.5. The van der Waals surface area contributed by atoms with Crippen molar-refractivity contribution in [3.05, 3.63) is 0 Å². The van der Waals surface area contributed by atoms with Crippen molar-refractivity contribution >= 4 is 11.9 Å². The third-order valence-electron chi connectivity index (χ3n) is 13.8. The van der Waals surface area contributed by atoms with Crippen molar-refractivity contribution in [1.82, 2.24) is 10.2 Å². The Labute approximate surface area is 421 Å². The van der Waals surface area contributed by atoms with E-state index in [0.29, 0.717) is 71.4 Å². The lowest BCUT2D eigenvalue weighted by Crippen LogP contribution is -2.38. The van der Waals surface area contributed by atoms with E-state index in [1.165, 1.54) is 180 Å². The largest absolute Gasteiger partial charge is 0.466 e. The smallest absolute Gasteiger partial charge is 0.305 e. The van der Waals surface area contributed by atoms with Crippen LogP contribution in [0.4, 0.5) is 0 Å². The fourth-order valence-electron chi connectivity index (χ4n) is 9.09. The van der Waals surface area contributed by atoms with Gasteiger partial charge in [0.15, 0.2) is 12.6 Å². The molecule has 0 atom stereocenters. The molecule has 10 heteroatoms. The molecule has 0 spiro atoms. The summed E-state index contributed by atoms with van der Waals surface area (Å²) in [6.07, 6.45) is 41.7. The van der Waals surface area contributed by atoms with Crippen LogP contribution in [0.5, 0.6) is 0 Å². The number of nitrogens with one attached hydrogen (secondary N) is 1. The van der Waals surface area contributed by atoms with Gasteiger partial charge in [-0.2, -0.15) is 0 Å². The van der Waals surface area contributed by atoms with E-state index in [9.17, 15) is 9.59 Å². The maximum absolute atomic E-state index is 12.6. The molecular formula is C58H114N2O8. The monoisotopic (exact) mass is 967 g/mol. The predicted octanol–water partition coefficient (Wildman–Crippen LogP) is 15.2. The third kappa shape index (κ3) is 43.5. The van der Waals surface area contributed by atoms with Crippen LogP contribution in [0.25, 0.3) is 0 Å². The molecule has 1 N–H and O–H groups in total. The molecule has 68 heavy (non-hydrogen) atoms. The predicted molar refractivity (Wildman–Crippen MR) is 284 cm³/mol. The Morgan fingerprint density at radius 3 is 1.09 bits per heavy atom. The van der Waals surface area contributed by atoms with Gasteiger partial charge in [-0.25, -0.2) is 0 Å². The number of hydrogen-bond donors (Lipinski definition) is 1. The van der Waals surface area contributed by atoms with Crippen molar-refractivity contribution in [3.63, 3.8) is 0 Å². The second kappa shape index (κ2) is 50.6. The fourth-order valence-corrected chi connectivity index (χ4v) is 9.09. The summed E-state index contributed by atoms with van der Waals surface area (Å²) in [5.74, 6) is 0.527. The average Bonchev–Trinajstić information content (AvgIpc) is 3.34. The molecule has 0 saturated carbocycles. The van der Waals surface area contributed by atoms with Gasteiger partial charge in [-0.05, 0) is 96.8 Å². The minimum Gasteiger partial charge on any atom is -0.466 e. The van der Waals surface area contributed by atoms with Gasteiger partial charge in [0.2, 0.25) is 0 Å². The first-order valence-corrected chi connectivity index (χ1v) is 29.6. The topological polar surface area (TPSA) is 105 Å². The zero-order valence-electron chi connectivity index (χ0n) is 45.8. The highest BCUT2D eigenvalue weighted by Crippen LogP contribution is 2.19. The van der Waals surface area contributed by atoms with Gasteiger partial charge in [0, 0.05) is 45.3 Å². The van der Waals surface area contributed by atoms with Crippen LogP contribution < -0.4 is 5.32 Å². The molecule has 1 heterocycles. The summed E-state index contributed by atoms with van der Waals surface area (Å²) in [5, 5.41) is 4.01. The Morgan fingerprint density at radius 2 is 0.735 bits per heavy atom. The number of ether oxygens (including phenoxy) is 6. The minimum atomic E-state index is -0.314. The van der Waals surface area contributed by atoms with Crippen LogP contribution in [0.3, 0.4) is 0 Å². The van der Waals surface area contributed by atoms with Gasteiger partial charge in [-0.15, -0.1) is 0 Å². The van der Waals surface area contributed by atoms with E-state index in [4.69, 9.17) is 28.4 Å². The van der Waals surface area contributed by atoms with Crippen LogP contribution in [0.1, 0.15) is 272 Å². The van der Waals surface area contributed by atoms with Crippen LogP contribution in [0, 0.1) is 5.92 Å². The third-order valence-corrected chi connectivity index (χ3v) is 13.8. The molecule has 1 fully saturated rings. The standard InChI is InChI=1S/C58H114N2O8/c1-6-10-14-22-32-48-65-57(66-49-33-23-15-11-7-2)40-38-55(61)63-46-30-26-18-20-28-36-54(59-52-53-42-44-60(5)45-43-53)37-29-21-19-27-31-47-64-56(62)39-41-58(67-50-34-24-16-12-8-3)68-51-35-25-17-13-9-4/h53-54,57-59H,6-52H2,1-5H3. The molecule has 0 unspecified atom stereocenters. The van der Waals surface area contributed by atoms with Gasteiger partial charge in [-0.3, -0.25) is 9.59 Å². The molecule has 0 radical (unpaired) electrons. The highest BCUT2D eigenvalue weighted by atomic mass is 16.7. The van der Waals surface area contributed by atoms with Crippen molar-refractivity contribution in [1.29, 1.82) is 0 Å². The molecule has 1 saturated heterocycles. The molecule has 0 amide bonds. The molecule has 1 aliphatic rings. The first-order valence-electron chi connectivity index (χ1n) is 29.6. The van der Waals surface area contributed by atoms with E-state index < -0.39 is 0 Å². The first-order chi connectivity index (χ1) is 33.4. The maximum Gasteiger partial charge on any atom is 0.305 e. The molecule has 0 aliphatic carbocycles. The van der Waals surface area contributed by atoms with Gasteiger partial charge in [0.1, 0.15) is 0 Å². The Bertz CT molecular complexity index is 959. The number of carbonyl (C=O) groups is 2. The Balaban J connectivity index is 2.31. The molecular weight excluding hydrogens is 853 g/mol. The summed E-state index contributed by atoms with van der Waals surface area (Å²) in [5.41, 5.74) is 0. The lowest BCUT2D eigenvalue weighted by atomic mass is 9.95. The molecule has 1 rings (SSSR count). The van der Waals surface area contributed by atoms with Crippen molar-refractivity contribution in [3.8, 4) is 0 Å². The fraction of sp³-hybridized carbons (Fsp3) is 0.966. The number of rotatable bonds is 53. The number of carbonyl (C=O) groups excluding carboxylic acids is 2. The molecule has 0 aromatic heterocycles. The van der Waals surface area contributed by atoms with Crippen LogP contribution in [0.15, 0.2) is 0 Å². The molecule has 10 nitrogen and oxygen atoms in total. The van der Waals surface area contributed by atoms with Gasteiger partial charge in [0.25, 0.3) is 0 Å². The number of unbranched alkanes of at least 4 members (excludes halogenated alkanes) is 24. The Kier molecular flexibility index (Phi) is 48.2. The molecule has 0 bridgehead atoms. The lowest BCUT2D eigenvalue weighted by Gasteiger charge is -2.30. The van der Waals surface area contributed by atoms with Crippen LogP contribution in [0.2, 0.25) is 0 Å². The lowest BCUT2D eigenvalue weighted by molar-refractivity contribution is -0.159. The van der Waals surface area contributed by atoms with Crippen molar-refractivity contribution < 1.29 is 38.0 Å². The summed E-state index contributed by atoms with van der Waals surface area (Å²) in [7, 11) is 2.24. The number of nitrogens with zero attached hydrogens (tertiary/aromatic N) is 1. The highest BCUT2D eigenvalue weighted by molar-refractivity contribution is 5.69. The van der Waals surface area contributed by atoms with E-state index in [-0.39, 0.29) is 24.5 Å². The van der Waals surface area contributed by atoms with E-state index in [2.05, 4.69) is 45.0 Å². The maximum atomic E-state index is 12.6. The van der Waals surface area contributed by atoms with Crippen LogP contribution in [-0.2, 0) is 38.0 Å². The van der Waals surface area contributed by atoms with E-state index in [1.54, 1.807) is 0 Å². The zero-order valence-corrected chi connectivity index (χ0v) is 45.8. The normalized spacial score (nSPS) is 13.7. The number of esters is 2. The summed E-state index contributed by atoms with van der Waals surface area (Å²) in [6, 6.07) is 0.578. The van der Waals surface area contributed by atoms with Gasteiger partial charge < -0.3 is 38.6 Å². The van der Waals surface area contributed by atoms with Gasteiger partial charge in [0.05, 0.1) is 26.1 Å². The molecule has 1 aliphatic heterocycles. The SMILES string of the molecule is CCCCCCCOC(CCC(=O)OCCCCCCCC(CCCCCCCOC(=O)CCC(OCCCCCCC)OCCCCCCC)NCC1CCN(C)CC1)OCCCCCCC. The summed E-state index contributed by atoms with van der Waals surface area (Å²) < 4.78 is 35.6. The number of piperidine rings is 1. The van der Waals surface area contributed by atoms with Crippen LogP contribution in [-0.4, -0.2) is 102 Å². The quantitative estimate of drug-likeness (QED) is 0.0360. The van der Waals surface area contributed by atoms with Crippen molar-refractivity contribution in [2.45, 2.75) is 290 Å². The molecule has 404 valence electrons. The Morgan fingerprint density at radius 1 is 0.426 bits per heavy atom. The van der Waals surface area contributed by atoms with E-state index >= 15 is 0 Å². The van der Waals surface area contributed by atoms with E-state index in [1.807, 2.05) is 0 Å². The highest BCUT2D eigenvalue weighted by Gasteiger charge is 2.19. The average molecular weight is 968 g/mol. The summed E-state index contributed by atoms with van der Waals surface area (Å²) in [4.78, 5) is 27.7. The van der Waals surface area contributed by atoms with Gasteiger partial charge >= 0.3 is 11.9 Å². The van der Waals surface area contributed by atoms with Gasteiger partial charge in [-0.1, -0.05) is 182 Å². The molecule has 0 aromatic carbocycles. The second-order valence-electron chi connectivity index (χ2n) is 20.5. The summed E-state index contributed by atoms with van der Waals surface area (Å²) >= 11 is 0. The van der Waals surface area contributed by atoms with Crippen LogP contribution >= 0.6 is 0 Å². The van der Waals surface area contributed by atoms with Crippen molar-refractivity contribution in [2.24, 2.45) is 5.92 Å². The van der Waals surface area contributed by atoms with E-state index in [0.717, 1.165) is 63.8 Å². The van der Waals surface area contributed by atoms with Crippen molar-refractivity contribution in [2.75, 3.05) is 66.3 Å². The minimum absolute atomic E-state index is 0.131. The summed E-state index contributed by atoms with van der Waals surface area (Å²) in [6.45, 7) is 16.3. The zero-order chi connectivity index (χ0) is 49.2. The Hall–Kier alpha value is -1.30.